The first-order valence-electron chi connectivity index (χ1n) is 8.19. The van der Waals surface area contributed by atoms with E-state index in [9.17, 15) is 10.0 Å². The molecule has 5 unspecified atom stereocenters. The number of hydrogen-bond donors (Lipinski definition) is 3. The van der Waals surface area contributed by atoms with Crippen molar-refractivity contribution in [1.82, 2.24) is 0 Å². The minimum absolute atomic E-state index is 0.000599. The van der Waals surface area contributed by atoms with E-state index in [1.165, 1.54) is 24.2 Å². The Labute approximate surface area is 121 Å². The molecule has 0 radical (unpaired) electrons. The Bertz CT molecular complexity index is 322. The fourth-order valence-electron chi connectivity index (χ4n) is 3.86. The van der Waals surface area contributed by atoms with E-state index in [1.807, 2.05) is 0 Å². The average molecular weight is 285 g/mol. The van der Waals surface area contributed by atoms with Gasteiger partial charge in [0.1, 0.15) is 12.6 Å². The highest BCUT2D eigenvalue weighted by Crippen LogP contribution is 2.23. The van der Waals surface area contributed by atoms with Crippen LogP contribution in [0.5, 0.6) is 0 Å². The van der Waals surface area contributed by atoms with Crippen molar-refractivity contribution in [3.05, 3.63) is 5.21 Å². The molecule has 0 bridgehead atoms. The Morgan fingerprint density at radius 2 is 2.15 bits per heavy atom. The largest absolute Gasteiger partial charge is 0.600 e. The number of carbonyl (C=O) groups excluding carboxylic acids is 1. The third kappa shape index (κ3) is 4.25. The summed E-state index contributed by atoms with van der Waals surface area (Å²) in [6.45, 7) is 5.08. The second kappa shape index (κ2) is 7.50. The number of likely N-dealkylation sites (tertiary alicyclic amines) is 1. The summed E-state index contributed by atoms with van der Waals surface area (Å²) in [5.74, 6) is 1.08. The lowest BCUT2D eigenvalue weighted by molar-refractivity contribution is -1.07. The van der Waals surface area contributed by atoms with Crippen LogP contribution in [0.25, 0.3) is 0 Å². The smallest absolute Gasteiger partial charge is 0.190 e. The fourth-order valence-corrected chi connectivity index (χ4v) is 3.86. The van der Waals surface area contributed by atoms with E-state index in [0.717, 1.165) is 38.3 Å². The number of rotatable bonds is 5. The molecule has 3 N–H and O–H groups in total. The van der Waals surface area contributed by atoms with Crippen molar-refractivity contribution in [1.29, 1.82) is 0 Å². The number of quaternary nitrogens is 2. The van der Waals surface area contributed by atoms with E-state index in [1.54, 1.807) is 0 Å². The fraction of sp³-hybridized carbons (Fsp3) is 0.933. The highest BCUT2D eigenvalue weighted by molar-refractivity contribution is 5.82. The molecule has 116 valence electrons. The molecule has 1 saturated carbocycles. The highest BCUT2D eigenvalue weighted by Gasteiger charge is 2.33. The molecule has 1 heterocycles. The second-order valence-electron chi connectivity index (χ2n) is 6.66. The van der Waals surface area contributed by atoms with Crippen LogP contribution in [0.2, 0.25) is 0 Å². The van der Waals surface area contributed by atoms with Gasteiger partial charge in [-0.3, -0.25) is 4.79 Å². The third-order valence-corrected chi connectivity index (χ3v) is 5.20. The van der Waals surface area contributed by atoms with Crippen molar-refractivity contribution >= 4 is 5.78 Å². The summed E-state index contributed by atoms with van der Waals surface area (Å²) in [7, 11) is 0. The minimum atomic E-state index is -0.723. The van der Waals surface area contributed by atoms with Gasteiger partial charge in [0.25, 0.3) is 0 Å². The summed E-state index contributed by atoms with van der Waals surface area (Å²) in [5, 5.41) is 19.5. The summed E-state index contributed by atoms with van der Waals surface area (Å²) < 4.78 is 0. The Kier molecular flexibility index (Phi) is 5.96. The second-order valence-corrected chi connectivity index (χ2v) is 6.66. The Morgan fingerprint density at radius 3 is 2.85 bits per heavy atom. The molecule has 1 aliphatic heterocycles. The quantitative estimate of drug-likeness (QED) is 0.602. The normalized spacial score (nSPS) is 36.5. The molecule has 2 fully saturated rings. The maximum Gasteiger partial charge on any atom is 0.190 e. The van der Waals surface area contributed by atoms with Crippen LogP contribution in [0, 0.1) is 17.0 Å². The molecule has 5 nitrogen and oxygen atoms in total. The molecule has 5 heteroatoms. The first kappa shape index (κ1) is 15.9. The number of carbonyl (C=O) groups is 1. The Balaban J connectivity index is 1.81. The lowest BCUT2D eigenvalue weighted by atomic mass is 9.83. The molecule has 0 amide bonds. The van der Waals surface area contributed by atoms with Crippen molar-refractivity contribution in [2.75, 3.05) is 19.6 Å². The van der Waals surface area contributed by atoms with Gasteiger partial charge in [0.2, 0.25) is 0 Å². The van der Waals surface area contributed by atoms with Crippen LogP contribution < -0.4 is 10.1 Å². The Morgan fingerprint density at radius 1 is 1.35 bits per heavy atom. The van der Waals surface area contributed by atoms with Crippen molar-refractivity contribution in [2.45, 2.75) is 57.9 Å². The zero-order valence-electron chi connectivity index (χ0n) is 12.6. The van der Waals surface area contributed by atoms with Crippen molar-refractivity contribution < 1.29 is 20.1 Å². The van der Waals surface area contributed by atoms with Gasteiger partial charge in [-0.1, -0.05) is 6.92 Å². The summed E-state index contributed by atoms with van der Waals surface area (Å²) in [5.41, 5.74) is 0. The van der Waals surface area contributed by atoms with Gasteiger partial charge in [0, 0.05) is 24.7 Å². The monoisotopic (exact) mass is 285 g/mol. The SMILES string of the molecule is CCC1CCC[NH+](CC(=O)C2CCCC([NH+]([O-])O)C2)C1. The number of ketones is 1. The van der Waals surface area contributed by atoms with Gasteiger partial charge < -0.3 is 10.1 Å². The lowest BCUT2D eigenvalue weighted by Crippen LogP contribution is -3.14. The van der Waals surface area contributed by atoms with Gasteiger partial charge in [-0.25, -0.2) is 10.4 Å². The predicted octanol–water partition coefficient (Wildman–Crippen LogP) is -0.409. The van der Waals surface area contributed by atoms with Crippen molar-refractivity contribution in [3.63, 3.8) is 0 Å². The number of hydroxylamine groups is 2. The van der Waals surface area contributed by atoms with Crippen LogP contribution in [-0.4, -0.2) is 36.7 Å². The maximum atomic E-state index is 12.4. The molecular formula is C15H29N2O3+. The van der Waals surface area contributed by atoms with Gasteiger partial charge in [-0.2, -0.15) is 0 Å². The highest BCUT2D eigenvalue weighted by atomic mass is 16.8. The zero-order chi connectivity index (χ0) is 14.5. The molecule has 5 atom stereocenters. The molecule has 0 aromatic carbocycles. The van der Waals surface area contributed by atoms with Crippen LogP contribution >= 0.6 is 0 Å². The van der Waals surface area contributed by atoms with Crippen LogP contribution in [0.1, 0.15) is 51.9 Å². The maximum absolute atomic E-state index is 12.4. The van der Waals surface area contributed by atoms with Crippen LogP contribution in [0.3, 0.4) is 0 Å². The predicted molar refractivity (Wildman–Crippen MR) is 75.4 cm³/mol. The molecular weight excluding hydrogens is 256 g/mol. The molecule has 2 rings (SSSR count). The van der Waals surface area contributed by atoms with Crippen LogP contribution in [-0.2, 0) is 4.79 Å². The first-order chi connectivity index (χ1) is 9.60. The number of Topliss-reactive ketones (excluding diaryl/α,β-unsaturated/α-hetero) is 1. The summed E-state index contributed by atoms with van der Waals surface area (Å²) in [4.78, 5) is 13.8. The third-order valence-electron chi connectivity index (χ3n) is 5.20. The summed E-state index contributed by atoms with van der Waals surface area (Å²) >= 11 is 0. The standard InChI is InChI=1S/C15H28N2O3/c1-2-12-5-4-8-16(10-12)11-15(18)13-6-3-7-14(9-13)17(19)20/h12-14,17,19H,2-11H2,1H3/p+1. The van der Waals surface area contributed by atoms with Gasteiger partial charge in [-0.15, -0.1) is 0 Å². The molecule has 0 aromatic rings. The molecule has 0 aromatic heterocycles. The van der Waals surface area contributed by atoms with Gasteiger partial charge in [0.15, 0.2) is 5.78 Å². The number of hydrogen-bond acceptors (Lipinski definition) is 3. The molecule has 1 saturated heterocycles. The number of nitrogens with one attached hydrogen (secondary N) is 2. The van der Waals surface area contributed by atoms with E-state index in [-0.39, 0.29) is 12.0 Å². The van der Waals surface area contributed by atoms with E-state index >= 15 is 0 Å². The molecule has 20 heavy (non-hydrogen) atoms. The van der Waals surface area contributed by atoms with Gasteiger partial charge in [0.05, 0.1) is 13.1 Å². The molecule has 2 aliphatic rings. The van der Waals surface area contributed by atoms with Crippen LogP contribution in [0.15, 0.2) is 0 Å². The van der Waals surface area contributed by atoms with Crippen LogP contribution in [0.4, 0.5) is 0 Å². The van der Waals surface area contributed by atoms with E-state index in [2.05, 4.69) is 6.92 Å². The summed E-state index contributed by atoms with van der Waals surface area (Å²) in [6.07, 6.45) is 6.84. The average Bonchev–Trinajstić information content (AvgIpc) is 2.47. The van der Waals surface area contributed by atoms with Gasteiger partial charge >= 0.3 is 0 Å². The van der Waals surface area contributed by atoms with Gasteiger partial charge in [-0.05, 0) is 32.1 Å². The molecule has 0 spiro atoms. The molecule has 1 aliphatic carbocycles. The van der Waals surface area contributed by atoms with Crippen molar-refractivity contribution in [3.8, 4) is 0 Å². The summed E-state index contributed by atoms with van der Waals surface area (Å²) in [6, 6.07) is -0.294. The van der Waals surface area contributed by atoms with E-state index in [0.29, 0.717) is 18.7 Å². The Hall–Kier alpha value is -0.490. The van der Waals surface area contributed by atoms with E-state index < -0.39 is 5.23 Å². The van der Waals surface area contributed by atoms with Crippen molar-refractivity contribution in [2.24, 2.45) is 11.8 Å². The minimum Gasteiger partial charge on any atom is -0.600 e. The number of piperidine rings is 1. The first-order valence-corrected chi connectivity index (χ1v) is 8.19. The zero-order valence-corrected chi connectivity index (χ0v) is 12.6. The van der Waals surface area contributed by atoms with E-state index in [4.69, 9.17) is 5.21 Å². The topological polar surface area (TPSA) is 69.2 Å². The lowest BCUT2D eigenvalue weighted by Gasteiger charge is -2.33.